The number of carbonyl (C=O) groups excluding carboxylic acids is 2. The first kappa shape index (κ1) is 22.9. The van der Waals surface area contributed by atoms with Gasteiger partial charge >= 0.3 is 0 Å². The summed E-state index contributed by atoms with van der Waals surface area (Å²) < 4.78 is 0. The molecule has 0 aromatic heterocycles. The first-order chi connectivity index (χ1) is 16.0. The molecule has 1 aliphatic heterocycles. The van der Waals surface area contributed by atoms with E-state index in [1.165, 1.54) is 24.0 Å². The van der Waals surface area contributed by atoms with E-state index in [1.54, 1.807) is 0 Å². The molecule has 6 nitrogen and oxygen atoms in total. The van der Waals surface area contributed by atoms with Crippen LogP contribution in [0.3, 0.4) is 0 Å². The molecule has 0 bridgehead atoms. The number of amides is 2. The molecule has 180 valence electrons. The summed E-state index contributed by atoms with van der Waals surface area (Å²) in [5, 5.41) is 3.31. The Labute approximate surface area is 198 Å². The smallest absolute Gasteiger partial charge is 0.243 e. The summed E-state index contributed by atoms with van der Waals surface area (Å²) >= 11 is 0. The third-order valence-corrected chi connectivity index (χ3v) is 8.30. The summed E-state index contributed by atoms with van der Waals surface area (Å²) in [4.78, 5) is 31.2. The number of hydrogen-bond acceptors (Lipinski definition) is 4. The molecule has 2 atom stereocenters. The molecule has 1 aromatic carbocycles. The summed E-state index contributed by atoms with van der Waals surface area (Å²) in [7, 11) is 0. The largest absolute Gasteiger partial charge is 0.352 e. The lowest BCUT2D eigenvalue weighted by molar-refractivity contribution is -0.145. The number of nitrogens with two attached hydrogens (primary N) is 1. The van der Waals surface area contributed by atoms with Gasteiger partial charge in [-0.05, 0) is 82.3 Å². The van der Waals surface area contributed by atoms with Crippen LogP contribution in [0.25, 0.3) is 0 Å². The number of aryl methyl sites for hydroxylation is 1. The molecule has 3 N–H and O–H groups in total. The van der Waals surface area contributed by atoms with Crippen LogP contribution in [-0.2, 0) is 16.1 Å². The van der Waals surface area contributed by atoms with E-state index in [0.29, 0.717) is 18.6 Å². The van der Waals surface area contributed by atoms with E-state index in [1.807, 2.05) is 4.90 Å². The Hall–Kier alpha value is -1.92. The quantitative estimate of drug-likeness (QED) is 0.666. The second-order valence-corrected chi connectivity index (χ2v) is 11.0. The highest BCUT2D eigenvalue weighted by atomic mass is 16.2. The number of carbonyl (C=O) groups is 2. The number of nitrogens with one attached hydrogen (secondary N) is 1. The van der Waals surface area contributed by atoms with Gasteiger partial charge in [0.15, 0.2) is 0 Å². The molecule has 5 rings (SSSR count). The van der Waals surface area contributed by atoms with Crippen LogP contribution in [0.1, 0.15) is 75.3 Å². The van der Waals surface area contributed by atoms with Gasteiger partial charge in [0.25, 0.3) is 0 Å². The highest BCUT2D eigenvalue weighted by molar-refractivity contribution is 5.89. The van der Waals surface area contributed by atoms with Crippen molar-refractivity contribution in [1.29, 1.82) is 0 Å². The van der Waals surface area contributed by atoms with Crippen LogP contribution < -0.4 is 11.1 Å². The summed E-state index contributed by atoms with van der Waals surface area (Å²) in [6.45, 7) is 3.82. The first-order valence-electron chi connectivity index (χ1n) is 13.2. The normalized spacial score (nSPS) is 30.3. The average molecular weight is 453 g/mol. The van der Waals surface area contributed by atoms with Gasteiger partial charge in [0.2, 0.25) is 11.8 Å². The predicted octanol–water partition coefficient (Wildman–Crippen LogP) is 3.12. The standard InChI is InChI=1S/C27H40N4O2/c1-18-4-2-3-5-20(18)17-31(23-12-13-23)24-14-15-30(27(33)19-6-7-19)25(16-24)26(32)29-22-10-8-21(28)9-11-22/h2-5,19,21-25H,6-17,28H2,1H3,(H,29,32)/t21?,22?,24?,25-/m1/s1. The highest BCUT2D eigenvalue weighted by Gasteiger charge is 2.45. The maximum absolute atomic E-state index is 13.5. The van der Waals surface area contributed by atoms with Crippen LogP contribution in [0.5, 0.6) is 0 Å². The lowest BCUT2D eigenvalue weighted by Gasteiger charge is -2.44. The van der Waals surface area contributed by atoms with Crippen LogP contribution in [0.15, 0.2) is 24.3 Å². The predicted molar refractivity (Wildman–Crippen MR) is 129 cm³/mol. The SMILES string of the molecule is Cc1ccccc1CN(C1CC1)C1CCN(C(=O)C2CC2)[C@@H](C(=O)NC2CCC(N)CC2)C1. The van der Waals surface area contributed by atoms with Gasteiger partial charge in [-0.2, -0.15) is 0 Å². The van der Waals surface area contributed by atoms with E-state index in [0.717, 1.165) is 57.9 Å². The maximum Gasteiger partial charge on any atom is 0.243 e. The van der Waals surface area contributed by atoms with Crippen molar-refractivity contribution in [3.05, 3.63) is 35.4 Å². The van der Waals surface area contributed by atoms with Crippen molar-refractivity contribution in [2.24, 2.45) is 11.7 Å². The number of hydrogen-bond donors (Lipinski definition) is 2. The number of piperidine rings is 1. The van der Waals surface area contributed by atoms with E-state index >= 15 is 0 Å². The fourth-order valence-electron chi connectivity index (χ4n) is 5.83. The molecule has 3 aliphatic carbocycles. The van der Waals surface area contributed by atoms with E-state index in [-0.39, 0.29) is 35.9 Å². The molecular weight excluding hydrogens is 412 g/mol. The second-order valence-electron chi connectivity index (χ2n) is 11.0. The Morgan fingerprint density at radius 3 is 2.39 bits per heavy atom. The van der Waals surface area contributed by atoms with Crippen molar-refractivity contribution < 1.29 is 9.59 Å². The Kier molecular flexibility index (Phi) is 6.75. The van der Waals surface area contributed by atoms with Gasteiger partial charge in [-0.15, -0.1) is 0 Å². The Balaban J connectivity index is 1.30. The van der Waals surface area contributed by atoms with Crippen LogP contribution in [0.4, 0.5) is 0 Å². The molecule has 1 heterocycles. The summed E-state index contributed by atoms with van der Waals surface area (Å²) in [5.41, 5.74) is 8.76. The topological polar surface area (TPSA) is 78.7 Å². The van der Waals surface area contributed by atoms with Gasteiger partial charge in [-0.3, -0.25) is 14.5 Å². The van der Waals surface area contributed by atoms with E-state index < -0.39 is 0 Å². The molecule has 3 saturated carbocycles. The minimum Gasteiger partial charge on any atom is -0.352 e. The lowest BCUT2D eigenvalue weighted by Crippen LogP contribution is -2.59. The van der Waals surface area contributed by atoms with E-state index in [4.69, 9.17) is 5.73 Å². The Morgan fingerprint density at radius 2 is 1.73 bits per heavy atom. The van der Waals surface area contributed by atoms with Crippen LogP contribution in [-0.4, -0.2) is 58.4 Å². The second kappa shape index (κ2) is 9.75. The Bertz CT molecular complexity index is 857. The van der Waals surface area contributed by atoms with Gasteiger partial charge in [-0.25, -0.2) is 0 Å². The molecule has 1 unspecified atom stereocenters. The molecule has 1 aromatic rings. The molecule has 4 aliphatic rings. The summed E-state index contributed by atoms with van der Waals surface area (Å²) in [6, 6.07) is 9.71. The van der Waals surface area contributed by atoms with Crippen LogP contribution in [0.2, 0.25) is 0 Å². The fraction of sp³-hybridized carbons (Fsp3) is 0.704. The van der Waals surface area contributed by atoms with Crippen LogP contribution in [0, 0.1) is 12.8 Å². The molecular formula is C27H40N4O2. The van der Waals surface area contributed by atoms with Crippen molar-refractivity contribution in [3.63, 3.8) is 0 Å². The number of rotatable bonds is 7. The zero-order chi connectivity index (χ0) is 22.9. The van der Waals surface area contributed by atoms with Crippen molar-refractivity contribution in [3.8, 4) is 0 Å². The molecule has 6 heteroatoms. The maximum atomic E-state index is 13.5. The molecule has 4 fully saturated rings. The molecule has 33 heavy (non-hydrogen) atoms. The summed E-state index contributed by atoms with van der Waals surface area (Å²) in [5.74, 6) is 0.410. The number of likely N-dealkylation sites (tertiary alicyclic amines) is 1. The molecule has 1 saturated heterocycles. The average Bonchev–Trinajstić information content (AvgIpc) is 3.72. The van der Waals surface area contributed by atoms with Crippen molar-refractivity contribution in [2.45, 2.75) is 108 Å². The summed E-state index contributed by atoms with van der Waals surface area (Å²) in [6.07, 6.45) is 9.98. The van der Waals surface area contributed by atoms with Crippen molar-refractivity contribution in [2.75, 3.05) is 6.54 Å². The highest BCUT2D eigenvalue weighted by Crippen LogP contribution is 2.37. The monoisotopic (exact) mass is 452 g/mol. The fourth-order valence-corrected chi connectivity index (χ4v) is 5.83. The van der Waals surface area contributed by atoms with E-state index in [2.05, 4.69) is 41.4 Å². The number of benzene rings is 1. The molecule has 0 spiro atoms. The lowest BCUT2D eigenvalue weighted by atomic mass is 9.90. The zero-order valence-corrected chi connectivity index (χ0v) is 20.0. The van der Waals surface area contributed by atoms with Gasteiger partial charge in [-0.1, -0.05) is 24.3 Å². The molecule has 0 radical (unpaired) electrons. The Morgan fingerprint density at radius 1 is 1.00 bits per heavy atom. The van der Waals surface area contributed by atoms with Gasteiger partial charge in [0, 0.05) is 43.2 Å². The van der Waals surface area contributed by atoms with Gasteiger partial charge in [0.05, 0.1) is 0 Å². The van der Waals surface area contributed by atoms with Crippen molar-refractivity contribution >= 4 is 11.8 Å². The first-order valence-corrected chi connectivity index (χ1v) is 13.2. The minimum absolute atomic E-state index is 0.0563. The zero-order valence-electron chi connectivity index (χ0n) is 20.0. The van der Waals surface area contributed by atoms with Gasteiger partial charge in [0.1, 0.15) is 6.04 Å². The minimum atomic E-state index is -0.342. The van der Waals surface area contributed by atoms with Gasteiger partial charge < -0.3 is 16.0 Å². The van der Waals surface area contributed by atoms with Crippen molar-refractivity contribution in [1.82, 2.24) is 15.1 Å². The number of nitrogens with zero attached hydrogens (tertiary/aromatic N) is 2. The third-order valence-electron chi connectivity index (χ3n) is 8.30. The van der Waals surface area contributed by atoms with E-state index in [9.17, 15) is 9.59 Å². The molecule has 2 amide bonds. The third kappa shape index (κ3) is 5.43. The van der Waals surface area contributed by atoms with Crippen LogP contribution >= 0.6 is 0 Å².